The minimum absolute atomic E-state index is 0. The SMILES string of the molecule is CCCCCCCSC/C=C/c1ccnc(-c2cc(/C=C/c3ccc(CCCCCC)s3)ccn2)c1.O=COc1ccnc(-c2cc(C(=O)O)ccn2)c1.[N-]=C=S.[NH2-].[Ru+2]. The standard InChI is InChI=1S/C32H42N2S2.C12H8N2O4.CNS.H2N.Ru/c1-3-5-7-9-11-23-35-24-12-13-27-19-21-33-31(25-27)32-26-28(20-22-34-32)15-16-30-18-17-29(36-30)14-10-8-6-4-2;15-7-18-9-2-4-14-11(6-9)10-5-8(12(16)17)1-3-13-10;2-1-3;;/h12-13,15-22,25-26H,3-11,14,23-24H2,1-2H3;1-7H,(H,16,17);;1H2;/q;;2*-1;+2/b13-12+,16-15+;;;;. The second-order valence-corrected chi connectivity index (χ2v) is 15.2. The minimum Gasteiger partial charge on any atom is -0.753 e. The molecule has 0 atom stereocenters. The normalized spacial score (nSPS) is 10.3. The monoisotopic (exact) mass is 938 g/mol. The van der Waals surface area contributed by atoms with E-state index in [1.54, 1.807) is 0 Å². The fraction of sp³-hybridized carbons (Fsp3) is 0.311. The Morgan fingerprint density at radius 1 is 0.780 bits per heavy atom. The summed E-state index contributed by atoms with van der Waals surface area (Å²) in [7, 11) is 0. The minimum atomic E-state index is -1.04. The van der Waals surface area contributed by atoms with Gasteiger partial charge in [-0.3, -0.25) is 24.7 Å². The number of hydrogen-bond acceptors (Lipinski definition) is 10. The molecular formula is C45H52N6O4RuS3. The number of rotatable bonds is 21. The third kappa shape index (κ3) is 21.3. The number of pyridine rings is 4. The molecule has 312 valence electrons. The van der Waals surface area contributed by atoms with Crippen LogP contribution in [-0.2, 0) is 30.7 Å². The number of hydrogen-bond donors (Lipinski definition) is 1. The van der Waals surface area contributed by atoms with Crippen molar-refractivity contribution in [2.24, 2.45) is 0 Å². The van der Waals surface area contributed by atoms with Crippen molar-refractivity contribution < 1.29 is 38.9 Å². The summed E-state index contributed by atoms with van der Waals surface area (Å²) in [6.45, 7) is 4.84. The van der Waals surface area contributed by atoms with Crippen LogP contribution in [0.3, 0.4) is 0 Å². The van der Waals surface area contributed by atoms with E-state index >= 15 is 0 Å². The molecule has 14 heteroatoms. The number of aromatic nitrogens is 4. The number of carboxylic acid groups (broad SMARTS) is 1. The molecule has 0 fully saturated rings. The van der Waals surface area contributed by atoms with Crippen molar-refractivity contribution in [3.05, 3.63) is 130 Å². The van der Waals surface area contributed by atoms with Crippen LogP contribution in [0.15, 0.2) is 91.5 Å². The summed E-state index contributed by atoms with van der Waals surface area (Å²) in [5.74, 6) is 1.59. The largest absolute Gasteiger partial charge is 2.00 e. The van der Waals surface area contributed by atoms with E-state index in [1.807, 2.05) is 35.5 Å². The first-order valence-electron chi connectivity index (χ1n) is 19.1. The third-order valence-electron chi connectivity index (χ3n) is 8.33. The molecule has 5 aromatic rings. The Hall–Kier alpha value is -4.55. The van der Waals surface area contributed by atoms with Crippen molar-refractivity contribution in [2.75, 3.05) is 11.5 Å². The van der Waals surface area contributed by atoms with Crippen molar-refractivity contribution in [2.45, 2.75) is 78.1 Å². The fourth-order valence-electron chi connectivity index (χ4n) is 5.43. The molecule has 0 aliphatic carbocycles. The molecule has 0 aliphatic rings. The van der Waals surface area contributed by atoms with Crippen LogP contribution in [-0.4, -0.2) is 54.2 Å². The van der Waals surface area contributed by atoms with Gasteiger partial charge in [0.15, 0.2) is 0 Å². The number of carboxylic acids is 1. The molecule has 0 aliphatic heterocycles. The Balaban J connectivity index is 0.000000635. The molecule has 0 saturated heterocycles. The second-order valence-electron chi connectivity index (χ2n) is 12.7. The Bertz CT molecular complexity index is 2050. The summed E-state index contributed by atoms with van der Waals surface area (Å²) in [4.78, 5) is 41.1. The number of ether oxygens (including phenoxy) is 1. The van der Waals surface area contributed by atoms with Crippen LogP contribution in [0, 0.1) is 0 Å². The van der Waals surface area contributed by atoms with Crippen molar-refractivity contribution in [3.8, 4) is 28.5 Å². The predicted molar refractivity (Wildman–Crippen MR) is 246 cm³/mol. The van der Waals surface area contributed by atoms with E-state index in [4.69, 9.17) is 10.5 Å². The summed E-state index contributed by atoms with van der Waals surface area (Å²) < 4.78 is 4.68. The number of thiophene rings is 1. The molecule has 10 nitrogen and oxygen atoms in total. The van der Waals surface area contributed by atoms with E-state index in [1.165, 1.54) is 127 Å². The third-order valence-corrected chi connectivity index (χ3v) is 10.4. The van der Waals surface area contributed by atoms with Crippen LogP contribution in [0.25, 0.3) is 52.6 Å². The van der Waals surface area contributed by atoms with E-state index in [2.05, 4.69) is 111 Å². The van der Waals surface area contributed by atoms with Crippen molar-refractivity contribution >= 4 is 71.1 Å². The summed E-state index contributed by atoms with van der Waals surface area (Å²) in [5.41, 5.74) is 5.10. The molecule has 5 heterocycles. The van der Waals surface area contributed by atoms with Gasteiger partial charge < -0.3 is 21.4 Å². The van der Waals surface area contributed by atoms with Gasteiger partial charge >= 0.3 is 25.4 Å². The smallest absolute Gasteiger partial charge is 0.753 e. The Morgan fingerprint density at radius 2 is 1.34 bits per heavy atom. The Labute approximate surface area is 375 Å². The van der Waals surface area contributed by atoms with Gasteiger partial charge in [0.05, 0.1) is 28.3 Å². The van der Waals surface area contributed by atoms with Gasteiger partial charge in [-0.2, -0.15) is 16.9 Å². The van der Waals surface area contributed by atoms with Gasteiger partial charge in [-0.1, -0.05) is 89.2 Å². The first-order chi connectivity index (χ1) is 27.9. The molecule has 0 aromatic carbocycles. The van der Waals surface area contributed by atoms with E-state index < -0.39 is 5.97 Å². The van der Waals surface area contributed by atoms with Gasteiger partial charge in [0.25, 0.3) is 6.47 Å². The molecule has 3 N–H and O–H groups in total. The maximum Gasteiger partial charge on any atom is 2.00 e. The van der Waals surface area contributed by atoms with Gasteiger partial charge in [-0.25, -0.2) is 4.79 Å². The Kier molecular flexibility index (Phi) is 28.7. The number of thiocarbonyl (C=S) groups is 1. The van der Waals surface area contributed by atoms with Gasteiger partial charge in [0.2, 0.25) is 0 Å². The van der Waals surface area contributed by atoms with Gasteiger partial charge in [0, 0.05) is 46.4 Å². The summed E-state index contributed by atoms with van der Waals surface area (Å²) in [6.07, 6.45) is 28.7. The van der Waals surface area contributed by atoms with Crippen LogP contribution in [0.2, 0.25) is 0 Å². The van der Waals surface area contributed by atoms with Crippen LogP contribution in [0.1, 0.15) is 103 Å². The van der Waals surface area contributed by atoms with Crippen LogP contribution in [0.5, 0.6) is 5.75 Å². The summed E-state index contributed by atoms with van der Waals surface area (Å²) in [5, 5.41) is 17.3. The average Bonchev–Trinajstić information content (AvgIpc) is 3.70. The van der Waals surface area contributed by atoms with Crippen molar-refractivity contribution in [1.82, 2.24) is 19.9 Å². The van der Waals surface area contributed by atoms with Gasteiger partial charge in [-0.15, -0.1) is 11.3 Å². The number of thioether (sulfide) groups is 1. The van der Waals surface area contributed by atoms with Crippen molar-refractivity contribution in [1.29, 1.82) is 0 Å². The van der Waals surface area contributed by atoms with E-state index in [-0.39, 0.29) is 31.2 Å². The topological polar surface area (TPSA) is 171 Å². The second kappa shape index (κ2) is 32.3. The van der Waals surface area contributed by atoms with Crippen LogP contribution in [0.4, 0.5) is 0 Å². The zero-order valence-corrected chi connectivity index (χ0v) is 37.7. The summed E-state index contributed by atoms with van der Waals surface area (Å²) >= 11 is 7.63. The van der Waals surface area contributed by atoms with E-state index in [0.717, 1.165) is 22.7 Å². The number of carbonyl (C=O) groups is 2. The first-order valence-corrected chi connectivity index (χ1v) is 21.5. The fourth-order valence-corrected chi connectivity index (χ4v) is 7.20. The molecular weight excluding hydrogens is 886 g/mol. The number of aryl methyl sites for hydroxylation is 1. The molecule has 0 unspecified atom stereocenters. The molecule has 0 bridgehead atoms. The quantitative estimate of drug-likeness (QED) is 0.0245. The van der Waals surface area contributed by atoms with Gasteiger partial charge in [0.1, 0.15) is 5.75 Å². The van der Waals surface area contributed by atoms with Crippen LogP contribution >= 0.6 is 35.3 Å². The zero-order valence-electron chi connectivity index (χ0n) is 33.5. The molecule has 5 rings (SSSR count). The number of carbonyl (C=O) groups excluding carboxylic acids is 1. The molecule has 0 saturated carbocycles. The number of nitrogens with zero attached hydrogens (tertiary/aromatic N) is 5. The zero-order chi connectivity index (χ0) is 40.9. The average molecular weight is 938 g/mol. The predicted octanol–water partition coefficient (Wildman–Crippen LogP) is 13.0. The number of nitrogens with two attached hydrogens (primary N) is 1. The van der Waals surface area contributed by atoms with Crippen molar-refractivity contribution in [3.63, 3.8) is 0 Å². The maximum absolute atomic E-state index is 10.8. The molecule has 0 radical (unpaired) electrons. The summed E-state index contributed by atoms with van der Waals surface area (Å²) in [6, 6.07) is 18.7. The number of isothiocyanates is 1. The van der Waals surface area contributed by atoms with Crippen LogP contribution < -0.4 is 4.74 Å². The Morgan fingerprint density at radius 3 is 1.97 bits per heavy atom. The molecule has 0 spiro atoms. The van der Waals surface area contributed by atoms with E-state index in [9.17, 15) is 9.59 Å². The maximum atomic E-state index is 10.8. The van der Waals surface area contributed by atoms with E-state index in [0.29, 0.717) is 23.6 Å². The number of aromatic carboxylic acids is 1. The number of unbranched alkanes of at least 4 members (excludes halogenated alkanes) is 7. The van der Waals surface area contributed by atoms with Gasteiger partial charge in [-0.05, 0) is 96.8 Å². The first kappa shape index (κ1) is 52.5. The molecule has 59 heavy (non-hydrogen) atoms. The molecule has 5 aromatic heterocycles. The molecule has 0 amide bonds.